The van der Waals surface area contributed by atoms with Crippen LogP contribution in [0.4, 0.5) is 0 Å². The van der Waals surface area contributed by atoms with Crippen molar-refractivity contribution in [2.24, 2.45) is 17.7 Å². The molecular formula is C11H22N2O. The van der Waals surface area contributed by atoms with Crippen molar-refractivity contribution in [1.82, 2.24) is 5.43 Å². The summed E-state index contributed by atoms with van der Waals surface area (Å²) in [6, 6.07) is 0.384. The van der Waals surface area contributed by atoms with Crippen molar-refractivity contribution in [3.05, 3.63) is 0 Å². The van der Waals surface area contributed by atoms with Crippen LogP contribution in [0.15, 0.2) is 0 Å². The fourth-order valence-corrected chi connectivity index (χ4v) is 2.21. The van der Waals surface area contributed by atoms with Crippen molar-refractivity contribution in [3.8, 4) is 0 Å². The van der Waals surface area contributed by atoms with Gasteiger partial charge in [-0.2, -0.15) is 0 Å². The first-order valence-electron chi connectivity index (χ1n) is 5.92. The maximum atomic E-state index is 5.81. The molecule has 0 aromatic heterocycles. The molecular weight excluding hydrogens is 176 g/mol. The van der Waals surface area contributed by atoms with E-state index in [1.807, 2.05) is 0 Å². The molecule has 2 fully saturated rings. The largest absolute Gasteiger partial charge is 0.377 e. The van der Waals surface area contributed by atoms with Crippen LogP contribution in [0.1, 0.15) is 39.0 Å². The Hall–Kier alpha value is -0.120. The monoisotopic (exact) mass is 198 g/mol. The van der Waals surface area contributed by atoms with Gasteiger partial charge in [-0.05, 0) is 38.0 Å². The van der Waals surface area contributed by atoms with Crippen LogP contribution in [0.3, 0.4) is 0 Å². The molecule has 0 saturated heterocycles. The minimum Gasteiger partial charge on any atom is -0.377 e. The van der Waals surface area contributed by atoms with Crippen molar-refractivity contribution in [1.29, 1.82) is 0 Å². The molecule has 3 heteroatoms. The number of hydrazine groups is 1. The highest BCUT2D eigenvalue weighted by Gasteiger charge is 2.39. The molecule has 2 unspecified atom stereocenters. The predicted octanol–water partition coefficient (Wildman–Crippen LogP) is 1.43. The van der Waals surface area contributed by atoms with Crippen LogP contribution >= 0.6 is 0 Å². The van der Waals surface area contributed by atoms with Gasteiger partial charge in [0.25, 0.3) is 0 Å². The molecule has 0 aromatic carbocycles. The van der Waals surface area contributed by atoms with Crippen LogP contribution in [0.2, 0.25) is 0 Å². The molecule has 2 saturated carbocycles. The number of hydrogen-bond donors (Lipinski definition) is 2. The van der Waals surface area contributed by atoms with E-state index in [0.717, 1.165) is 18.4 Å². The van der Waals surface area contributed by atoms with E-state index < -0.39 is 0 Å². The standard InChI is InChI=1S/C11H22N2O/c1-2-14-11(9-5-6-9)10(13-12)7-8-3-4-8/h8-11,13H,2-7,12H2,1H3. The van der Waals surface area contributed by atoms with E-state index in [1.165, 1.54) is 32.1 Å². The quantitative estimate of drug-likeness (QED) is 0.480. The van der Waals surface area contributed by atoms with Crippen molar-refractivity contribution in [3.63, 3.8) is 0 Å². The highest BCUT2D eigenvalue weighted by atomic mass is 16.5. The van der Waals surface area contributed by atoms with Gasteiger partial charge < -0.3 is 4.74 Å². The predicted molar refractivity (Wildman–Crippen MR) is 56.6 cm³/mol. The molecule has 2 aliphatic carbocycles. The number of nitrogens with two attached hydrogens (primary N) is 1. The van der Waals surface area contributed by atoms with Gasteiger partial charge in [0, 0.05) is 12.6 Å². The maximum absolute atomic E-state index is 5.81. The van der Waals surface area contributed by atoms with Gasteiger partial charge in [0.1, 0.15) is 0 Å². The van der Waals surface area contributed by atoms with Gasteiger partial charge in [0.05, 0.1) is 6.10 Å². The van der Waals surface area contributed by atoms with Crippen LogP contribution in [0.25, 0.3) is 0 Å². The van der Waals surface area contributed by atoms with E-state index >= 15 is 0 Å². The van der Waals surface area contributed by atoms with Crippen LogP contribution in [0.5, 0.6) is 0 Å². The fraction of sp³-hybridized carbons (Fsp3) is 1.00. The van der Waals surface area contributed by atoms with Gasteiger partial charge >= 0.3 is 0 Å². The smallest absolute Gasteiger partial charge is 0.0769 e. The Kier molecular flexibility index (Phi) is 3.42. The van der Waals surface area contributed by atoms with Gasteiger partial charge in [-0.25, -0.2) is 0 Å². The lowest BCUT2D eigenvalue weighted by Crippen LogP contribution is -2.46. The van der Waals surface area contributed by atoms with Crippen molar-refractivity contribution < 1.29 is 4.74 Å². The summed E-state index contributed by atoms with van der Waals surface area (Å²) in [4.78, 5) is 0. The Morgan fingerprint density at radius 2 is 2.07 bits per heavy atom. The SMILES string of the molecule is CCOC(C1CC1)C(CC1CC1)NN. The molecule has 3 N–H and O–H groups in total. The van der Waals surface area contributed by atoms with E-state index in [4.69, 9.17) is 10.6 Å². The second-order valence-electron chi connectivity index (χ2n) is 4.71. The highest BCUT2D eigenvalue weighted by Crippen LogP contribution is 2.40. The number of nitrogens with one attached hydrogen (secondary N) is 1. The van der Waals surface area contributed by atoms with Crippen LogP contribution in [-0.2, 0) is 4.74 Å². The van der Waals surface area contributed by atoms with Gasteiger partial charge in [0.15, 0.2) is 0 Å². The lowest BCUT2D eigenvalue weighted by molar-refractivity contribution is 0.0156. The summed E-state index contributed by atoms with van der Waals surface area (Å²) in [6.07, 6.45) is 7.01. The molecule has 2 rings (SSSR count). The van der Waals surface area contributed by atoms with E-state index in [1.54, 1.807) is 0 Å². The molecule has 3 nitrogen and oxygen atoms in total. The summed E-state index contributed by atoms with van der Waals surface area (Å²) < 4.78 is 5.81. The zero-order chi connectivity index (χ0) is 9.97. The average molecular weight is 198 g/mol. The molecule has 0 aromatic rings. The van der Waals surface area contributed by atoms with Crippen molar-refractivity contribution in [2.75, 3.05) is 6.61 Å². The molecule has 2 aliphatic rings. The van der Waals surface area contributed by atoms with E-state index in [-0.39, 0.29) is 0 Å². The maximum Gasteiger partial charge on any atom is 0.0769 e. The molecule has 0 heterocycles. The highest BCUT2D eigenvalue weighted by molar-refractivity contribution is 4.92. The second-order valence-corrected chi connectivity index (χ2v) is 4.71. The molecule has 0 aliphatic heterocycles. The molecule has 0 radical (unpaired) electrons. The number of ether oxygens (including phenoxy) is 1. The van der Waals surface area contributed by atoms with E-state index in [2.05, 4.69) is 12.3 Å². The molecule has 82 valence electrons. The summed E-state index contributed by atoms with van der Waals surface area (Å²) in [5.74, 6) is 7.30. The number of hydrogen-bond acceptors (Lipinski definition) is 3. The summed E-state index contributed by atoms with van der Waals surface area (Å²) in [6.45, 7) is 2.88. The molecule has 0 amide bonds. The average Bonchev–Trinajstić information content (AvgIpc) is 3.02. The normalized spacial score (nSPS) is 26.1. The minimum absolute atomic E-state index is 0.366. The summed E-state index contributed by atoms with van der Waals surface area (Å²) in [7, 11) is 0. The van der Waals surface area contributed by atoms with Crippen LogP contribution in [0, 0.1) is 11.8 Å². The lowest BCUT2D eigenvalue weighted by atomic mass is 10.0. The topological polar surface area (TPSA) is 47.3 Å². The van der Waals surface area contributed by atoms with Crippen molar-refractivity contribution in [2.45, 2.75) is 51.2 Å². The first-order valence-corrected chi connectivity index (χ1v) is 5.92. The van der Waals surface area contributed by atoms with Gasteiger partial charge in [-0.15, -0.1) is 0 Å². The number of rotatable bonds is 7. The Balaban J connectivity index is 1.83. The Morgan fingerprint density at radius 3 is 2.50 bits per heavy atom. The van der Waals surface area contributed by atoms with E-state index in [9.17, 15) is 0 Å². The van der Waals surface area contributed by atoms with Crippen molar-refractivity contribution >= 4 is 0 Å². The molecule has 14 heavy (non-hydrogen) atoms. The zero-order valence-electron chi connectivity index (χ0n) is 9.04. The van der Waals surface area contributed by atoms with Gasteiger partial charge in [0.2, 0.25) is 0 Å². The van der Waals surface area contributed by atoms with E-state index in [0.29, 0.717) is 12.1 Å². The third kappa shape index (κ3) is 2.69. The fourth-order valence-electron chi connectivity index (χ4n) is 2.21. The summed E-state index contributed by atoms with van der Waals surface area (Å²) >= 11 is 0. The first kappa shape index (κ1) is 10.4. The summed E-state index contributed by atoms with van der Waals surface area (Å²) in [5, 5.41) is 0. The minimum atomic E-state index is 0.366. The van der Waals surface area contributed by atoms with Gasteiger partial charge in [-0.3, -0.25) is 11.3 Å². The third-order valence-electron chi connectivity index (χ3n) is 3.34. The third-order valence-corrected chi connectivity index (χ3v) is 3.34. The van der Waals surface area contributed by atoms with Gasteiger partial charge in [-0.1, -0.05) is 12.8 Å². The first-order chi connectivity index (χ1) is 6.85. The second kappa shape index (κ2) is 4.60. The molecule has 2 atom stereocenters. The Labute approximate surface area is 86.4 Å². The van der Waals surface area contributed by atoms with Crippen LogP contribution < -0.4 is 11.3 Å². The lowest BCUT2D eigenvalue weighted by Gasteiger charge is -2.26. The zero-order valence-corrected chi connectivity index (χ0v) is 9.04. The Bertz CT molecular complexity index is 178. The Morgan fingerprint density at radius 1 is 1.36 bits per heavy atom. The summed E-state index contributed by atoms with van der Waals surface area (Å²) in [5.41, 5.74) is 2.95. The molecule has 0 spiro atoms. The van der Waals surface area contributed by atoms with Crippen LogP contribution in [-0.4, -0.2) is 18.8 Å². The molecule has 0 bridgehead atoms.